The van der Waals surface area contributed by atoms with E-state index in [0.29, 0.717) is 18.7 Å². The topological polar surface area (TPSA) is 55.2 Å². The summed E-state index contributed by atoms with van der Waals surface area (Å²) in [6, 6.07) is 8.02. The summed E-state index contributed by atoms with van der Waals surface area (Å²) in [6.07, 6.45) is 1.83. The van der Waals surface area contributed by atoms with Crippen LogP contribution in [0.5, 0.6) is 0 Å². The third-order valence-electron chi connectivity index (χ3n) is 4.39. The van der Waals surface area contributed by atoms with Gasteiger partial charge < -0.3 is 4.57 Å². The number of sulfonamides is 1. The molecule has 6 heteroatoms. The van der Waals surface area contributed by atoms with Gasteiger partial charge in [-0.05, 0) is 31.9 Å². The number of benzene rings is 1. The standard InChI is InChI=1S/C17H23N3O2S/c1-13(2)12-23(21,22)20-10-6-7-14(11-20)17-18-15-8-4-5-9-16(15)19(17)3/h4-5,8-9,14H,1,6-7,10-12H2,2-3H3. The molecule has 1 aromatic carbocycles. The smallest absolute Gasteiger partial charge is 0.217 e. The van der Waals surface area contributed by atoms with E-state index in [9.17, 15) is 8.42 Å². The highest BCUT2D eigenvalue weighted by molar-refractivity contribution is 7.89. The van der Waals surface area contributed by atoms with Gasteiger partial charge in [0.2, 0.25) is 10.0 Å². The van der Waals surface area contributed by atoms with Crippen LogP contribution in [0.1, 0.15) is 31.5 Å². The second-order valence-corrected chi connectivity index (χ2v) is 8.40. The van der Waals surface area contributed by atoms with Crippen LogP contribution in [0.3, 0.4) is 0 Å². The van der Waals surface area contributed by atoms with Gasteiger partial charge in [-0.1, -0.05) is 24.3 Å². The molecule has 1 aliphatic rings. The normalized spacial score (nSPS) is 20.0. The lowest BCUT2D eigenvalue weighted by Crippen LogP contribution is -2.41. The molecule has 0 bridgehead atoms. The largest absolute Gasteiger partial charge is 0.331 e. The van der Waals surface area contributed by atoms with Gasteiger partial charge in [0.1, 0.15) is 5.82 Å². The fraction of sp³-hybridized carbons (Fsp3) is 0.471. The monoisotopic (exact) mass is 333 g/mol. The van der Waals surface area contributed by atoms with Crippen LogP contribution < -0.4 is 0 Å². The molecular formula is C17H23N3O2S. The summed E-state index contributed by atoms with van der Waals surface area (Å²) >= 11 is 0. The average molecular weight is 333 g/mol. The van der Waals surface area contributed by atoms with Crippen molar-refractivity contribution < 1.29 is 8.42 Å². The van der Waals surface area contributed by atoms with E-state index in [2.05, 4.69) is 11.1 Å². The molecule has 0 radical (unpaired) electrons. The van der Waals surface area contributed by atoms with Gasteiger partial charge in [0.25, 0.3) is 0 Å². The van der Waals surface area contributed by atoms with Crippen molar-refractivity contribution in [3.8, 4) is 0 Å². The van der Waals surface area contributed by atoms with Crippen molar-refractivity contribution in [2.75, 3.05) is 18.8 Å². The molecular weight excluding hydrogens is 310 g/mol. The lowest BCUT2D eigenvalue weighted by molar-refractivity contribution is 0.307. The van der Waals surface area contributed by atoms with Gasteiger partial charge in [0, 0.05) is 26.1 Å². The zero-order valence-electron chi connectivity index (χ0n) is 13.7. The van der Waals surface area contributed by atoms with E-state index in [1.54, 1.807) is 11.2 Å². The Morgan fingerprint density at radius 3 is 2.83 bits per heavy atom. The van der Waals surface area contributed by atoms with E-state index in [-0.39, 0.29) is 11.7 Å². The number of fused-ring (bicyclic) bond motifs is 1. The second kappa shape index (κ2) is 6.09. The number of para-hydroxylation sites is 2. The van der Waals surface area contributed by atoms with Crippen molar-refractivity contribution in [1.82, 2.24) is 13.9 Å². The number of imidazole rings is 1. The lowest BCUT2D eigenvalue weighted by Gasteiger charge is -2.31. The van der Waals surface area contributed by atoms with Crippen LogP contribution in [0.25, 0.3) is 11.0 Å². The molecule has 3 rings (SSSR count). The minimum atomic E-state index is -3.27. The Balaban J connectivity index is 1.88. The van der Waals surface area contributed by atoms with Crippen LogP contribution in [-0.2, 0) is 17.1 Å². The minimum Gasteiger partial charge on any atom is -0.331 e. The summed E-state index contributed by atoms with van der Waals surface area (Å²) in [5.74, 6) is 1.14. The first kappa shape index (κ1) is 16.2. The summed E-state index contributed by atoms with van der Waals surface area (Å²) < 4.78 is 28.6. The van der Waals surface area contributed by atoms with E-state index in [1.807, 2.05) is 31.3 Å². The minimum absolute atomic E-state index is 0.0300. The molecule has 1 atom stereocenters. The molecule has 0 aliphatic carbocycles. The highest BCUT2D eigenvalue weighted by Gasteiger charge is 2.31. The Kier molecular flexibility index (Phi) is 4.29. The molecule has 1 aliphatic heterocycles. The molecule has 1 unspecified atom stereocenters. The third-order valence-corrected chi connectivity index (χ3v) is 6.37. The Labute approximate surface area is 137 Å². The number of aromatic nitrogens is 2. The van der Waals surface area contributed by atoms with Gasteiger partial charge in [-0.3, -0.25) is 0 Å². The van der Waals surface area contributed by atoms with E-state index in [4.69, 9.17) is 4.98 Å². The Morgan fingerprint density at radius 2 is 2.13 bits per heavy atom. The molecule has 1 saturated heterocycles. The zero-order valence-corrected chi connectivity index (χ0v) is 14.5. The average Bonchev–Trinajstić information content (AvgIpc) is 2.84. The van der Waals surface area contributed by atoms with Crippen LogP contribution in [0.4, 0.5) is 0 Å². The highest BCUT2D eigenvalue weighted by atomic mass is 32.2. The molecule has 2 aromatic rings. The molecule has 1 fully saturated rings. The van der Waals surface area contributed by atoms with Crippen molar-refractivity contribution in [3.05, 3.63) is 42.2 Å². The lowest BCUT2D eigenvalue weighted by atomic mass is 9.99. The van der Waals surface area contributed by atoms with Gasteiger partial charge in [-0.25, -0.2) is 17.7 Å². The molecule has 0 saturated carbocycles. The molecule has 0 spiro atoms. The fourth-order valence-corrected chi connectivity index (χ4v) is 4.96. The Hall–Kier alpha value is -1.66. The van der Waals surface area contributed by atoms with Crippen molar-refractivity contribution >= 4 is 21.1 Å². The molecule has 0 N–H and O–H groups in total. The molecule has 23 heavy (non-hydrogen) atoms. The summed E-state index contributed by atoms with van der Waals surface area (Å²) in [4.78, 5) is 4.74. The first-order valence-electron chi connectivity index (χ1n) is 7.92. The van der Waals surface area contributed by atoms with Gasteiger partial charge in [-0.2, -0.15) is 0 Å². The number of piperidine rings is 1. The Morgan fingerprint density at radius 1 is 1.39 bits per heavy atom. The maximum absolute atomic E-state index is 12.5. The van der Waals surface area contributed by atoms with E-state index < -0.39 is 10.0 Å². The molecule has 1 aromatic heterocycles. The van der Waals surface area contributed by atoms with Crippen molar-refractivity contribution in [2.24, 2.45) is 7.05 Å². The number of rotatable bonds is 4. The summed E-state index contributed by atoms with van der Waals surface area (Å²) in [5.41, 5.74) is 2.73. The van der Waals surface area contributed by atoms with E-state index in [1.165, 1.54) is 0 Å². The predicted molar refractivity (Wildman–Crippen MR) is 92.9 cm³/mol. The van der Waals surface area contributed by atoms with Gasteiger partial charge in [0.05, 0.1) is 16.8 Å². The zero-order chi connectivity index (χ0) is 16.6. The first-order chi connectivity index (χ1) is 10.9. The van der Waals surface area contributed by atoms with Crippen LogP contribution >= 0.6 is 0 Å². The molecule has 0 amide bonds. The quantitative estimate of drug-likeness (QED) is 0.808. The van der Waals surface area contributed by atoms with E-state index in [0.717, 1.165) is 29.7 Å². The highest BCUT2D eigenvalue weighted by Crippen LogP contribution is 2.30. The number of hydrogen-bond donors (Lipinski definition) is 0. The van der Waals surface area contributed by atoms with Gasteiger partial charge in [-0.15, -0.1) is 0 Å². The summed E-state index contributed by atoms with van der Waals surface area (Å²) in [7, 11) is -1.26. The number of aryl methyl sites for hydroxylation is 1. The fourth-order valence-electron chi connectivity index (χ4n) is 3.34. The summed E-state index contributed by atoms with van der Waals surface area (Å²) in [5, 5.41) is 0. The number of hydrogen-bond acceptors (Lipinski definition) is 3. The SMILES string of the molecule is C=C(C)CS(=O)(=O)N1CCCC(c2nc3ccccc3n2C)C1. The molecule has 124 valence electrons. The molecule has 5 nitrogen and oxygen atoms in total. The number of nitrogens with zero attached hydrogens (tertiary/aromatic N) is 3. The van der Waals surface area contributed by atoms with Crippen LogP contribution in [-0.4, -0.2) is 41.1 Å². The van der Waals surface area contributed by atoms with Crippen molar-refractivity contribution in [1.29, 1.82) is 0 Å². The Bertz CT molecular complexity index is 839. The maximum atomic E-state index is 12.5. The van der Waals surface area contributed by atoms with Crippen LogP contribution in [0.2, 0.25) is 0 Å². The van der Waals surface area contributed by atoms with Gasteiger partial charge in [0.15, 0.2) is 0 Å². The molecule has 2 heterocycles. The predicted octanol–water partition coefficient (Wildman–Crippen LogP) is 2.66. The van der Waals surface area contributed by atoms with Crippen molar-refractivity contribution in [2.45, 2.75) is 25.7 Å². The third kappa shape index (κ3) is 3.19. The first-order valence-corrected chi connectivity index (χ1v) is 9.53. The van der Waals surface area contributed by atoms with Crippen LogP contribution in [0, 0.1) is 0 Å². The van der Waals surface area contributed by atoms with Crippen molar-refractivity contribution in [3.63, 3.8) is 0 Å². The van der Waals surface area contributed by atoms with Crippen LogP contribution in [0.15, 0.2) is 36.4 Å². The second-order valence-electron chi connectivity index (χ2n) is 6.43. The maximum Gasteiger partial charge on any atom is 0.217 e. The summed E-state index contributed by atoms with van der Waals surface area (Å²) in [6.45, 7) is 6.59. The van der Waals surface area contributed by atoms with E-state index >= 15 is 0 Å². The van der Waals surface area contributed by atoms with Gasteiger partial charge >= 0.3 is 0 Å².